The molecule has 1 aromatic heterocycles. The molecule has 0 atom stereocenters. The molecule has 6 heteroatoms. The number of carbonyl (C=O) groups is 2. The number of rotatable bonds is 5. The number of aromatic amines is 1. The Kier molecular flexibility index (Phi) is 4.81. The minimum absolute atomic E-state index is 0.165. The average molecular weight is 349 g/mol. The van der Waals surface area contributed by atoms with Crippen molar-refractivity contribution in [2.45, 2.75) is 38.5 Å². The zero-order valence-corrected chi connectivity index (χ0v) is 14.2. The van der Waals surface area contributed by atoms with Gasteiger partial charge in [0.2, 0.25) is 5.91 Å². The van der Waals surface area contributed by atoms with E-state index in [1.165, 1.54) is 0 Å². The molecule has 3 N–H and O–H groups in total. The van der Waals surface area contributed by atoms with Crippen molar-refractivity contribution in [3.63, 3.8) is 0 Å². The Morgan fingerprint density at radius 2 is 2.00 bits per heavy atom. The molecule has 0 unspecified atom stereocenters. The summed E-state index contributed by atoms with van der Waals surface area (Å²) in [5.74, 6) is -0.969. The van der Waals surface area contributed by atoms with E-state index in [9.17, 15) is 14.7 Å². The van der Waals surface area contributed by atoms with E-state index in [0.717, 1.165) is 35.7 Å². The lowest BCUT2D eigenvalue weighted by atomic mass is 9.74. The summed E-state index contributed by atoms with van der Waals surface area (Å²) in [4.78, 5) is 27.1. The van der Waals surface area contributed by atoms with Crippen LogP contribution >= 0.6 is 11.6 Å². The zero-order chi connectivity index (χ0) is 17.2. The number of carboxylic acids is 1. The highest BCUT2D eigenvalue weighted by atomic mass is 35.5. The molecule has 3 rings (SSSR count). The maximum atomic E-state index is 12.3. The molecule has 1 saturated carbocycles. The summed E-state index contributed by atoms with van der Waals surface area (Å²) in [5.41, 5.74) is 0.978. The van der Waals surface area contributed by atoms with Crippen LogP contribution in [0.15, 0.2) is 24.4 Å². The molecule has 0 radical (unpaired) electrons. The number of nitrogens with one attached hydrogen (secondary N) is 2. The van der Waals surface area contributed by atoms with Crippen molar-refractivity contribution in [1.82, 2.24) is 10.3 Å². The minimum Gasteiger partial charge on any atom is -0.481 e. The van der Waals surface area contributed by atoms with Crippen molar-refractivity contribution >= 4 is 34.4 Å². The van der Waals surface area contributed by atoms with Crippen LogP contribution in [0.1, 0.15) is 37.7 Å². The summed E-state index contributed by atoms with van der Waals surface area (Å²) in [5, 5.41) is 13.9. The summed E-state index contributed by atoms with van der Waals surface area (Å²) in [6.07, 6.45) is 6.14. The second-order valence-electron chi connectivity index (χ2n) is 6.60. The number of halogens is 1. The van der Waals surface area contributed by atoms with E-state index in [-0.39, 0.29) is 18.9 Å². The molecule has 0 spiro atoms. The predicted octanol–water partition coefficient (Wildman–Crippen LogP) is 3.52. The Morgan fingerprint density at radius 1 is 1.25 bits per heavy atom. The van der Waals surface area contributed by atoms with E-state index in [1.807, 2.05) is 12.1 Å². The van der Waals surface area contributed by atoms with Crippen molar-refractivity contribution in [2.24, 2.45) is 5.41 Å². The summed E-state index contributed by atoms with van der Waals surface area (Å²) < 4.78 is 0. The van der Waals surface area contributed by atoms with Crippen LogP contribution < -0.4 is 5.32 Å². The number of carbonyl (C=O) groups excluding carboxylic acids is 1. The number of carboxylic acid groups (broad SMARTS) is 1. The SMILES string of the molecule is O=C(Cc1c[nH]c2ccc(Cl)cc12)NCC1(C(=O)O)CCCCC1. The van der Waals surface area contributed by atoms with Gasteiger partial charge in [-0.15, -0.1) is 0 Å². The number of benzene rings is 1. The fourth-order valence-corrected chi connectivity index (χ4v) is 3.67. The fourth-order valence-electron chi connectivity index (χ4n) is 3.49. The third-order valence-electron chi connectivity index (χ3n) is 4.97. The van der Waals surface area contributed by atoms with Gasteiger partial charge < -0.3 is 15.4 Å². The lowest BCUT2D eigenvalue weighted by Crippen LogP contribution is -2.44. The number of aromatic nitrogens is 1. The quantitative estimate of drug-likeness (QED) is 0.773. The number of hydrogen-bond acceptors (Lipinski definition) is 2. The lowest BCUT2D eigenvalue weighted by molar-refractivity contribution is -0.151. The normalized spacial score (nSPS) is 16.9. The van der Waals surface area contributed by atoms with Gasteiger partial charge in [0.05, 0.1) is 11.8 Å². The zero-order valence-electron chi connectivity index (χ0n) is 13.4. The van der Waals surface area contributed by atoms with E-state index in [4.69, 9.17) is 11.6 Å². The number of fused-ring (bicyclic) bond motifs is 1. The van der Waals surface area contributed by atoms with Gasteiger partial charge in [0.15, 0.2) is 0 Å². The monoisotopic (exact) mass is 348 g/mol. The molecule has 1 aromatic carbocycles. The molecule has 1 amide bonds. The number of H-pyrrole nitrogens is 1. The molecular formula is C18H21ClN2O3. The van der Waals surface area contributed by atoms with Gasteiger partial charge in [-0.3, -0.25) is 9.59 Å². The van der Waals surface area contributed by atoms with E-state index in [2.05, 4.69) is 10.3 Å². The van der Waals surface area contributed by atoms with Gasteiger partial charge in [-0.2, -0.15) is 0 Å². The molecule has 128 valence electrons. The molecule has 1 fully saturated rings. The smallest absolute Gasteiger partial charge is 0.311 e. The highest BCUT2D eigenvalue weighted by Crippen LogP contribution is 2.36. The first-order valence-corrected chi connectivity index (χ1v) is 8.64. The lowest BCUT2D eigenvalue weighted by Gasteiger charge is -2.33. The molecule has 5 nitrogen and oxygen atoms in total. The van der Waals surface area contributed by atoms with Gasteiger partial charge in [0.1, 0.15) is 0 Å². The molecule has 1 heterocycles. The van der Waals surface area contributed by atoms with E-state index >= 15 is 0 Å². The molecule has 0 bridgehead atoms. The van der Waals surface area contributed by atoms with Crippen molar-refractivity contribution in [3.05, 3.63) is 35.0 Å². The van der Waals surface area contributed by atoms with Gasteiger partial charge >= 0.3 is 5.97 Å². The standard InChI is InChI=1S/C18H21ClN2O3/c19-13-4-5-15-14(9-13)12(10-20-15)8-16(22)21-11-18(17(23)24)6-2-1-3-7-18/h4-5,9-10,20H,1-3,6-8,11H2,(H,21,22)(H,23,24). The Bertz CT molecular complexity index is 763. The number of aliphatic carboxylic acids is 1. The first-order valence-electron chi connectivity index (χ1n) is 8.26. The average Bonchev–Trinajstić information content (AvgIpc) is 2.96. The van der Waals surface area contributed by atoms with Crippen LogP contribution in [0.2, 0.25) is 5.02 Å². The Hall–Kier alpha value is -2.01. The second kappa shape index (κ2) is 6.85. The molecule has 0 saturated heterocycles. The molecule has 24 heavy (non-hydrogen) atoms. The van der Waals surface area contributed by atoms with Crippen LogP contribution in [-0.4, -0.2) is 28.5 Å². The molecule has 1 aliphatic carbocycles. The van der Waals surface area contributed by atoms with E-state index < -0.39 is 11.4 Å². The Labute approximate surface area is 145 Å². The van der Waals surface area contributed by atoms with Crippen LogP contribution in [0.3, 0.4) is 0 Å². The third kappa shape index (κ3) is 3.41. The summed E-state index contributed by atoms with van der Waals surface area (Å²) in [6.45, 7) is 0.199. The van der Waals surface area contributed by atoms with E-state index in [0.29, 0.717) is 17.9 Å². The largest absolute Gasteiger partial charge is 0.481 e. The first-order chi connectivity index (χ1) is 11.5. The molecular weight excluding hydrogens is 328 g/mol. The summed E-state index contributed by atoms with van der Waals surface area (Å²) in [7, 11) is 0. The van der Waals surface area contributed by atoms with Crippen molar-refractivity contribution in [2.75, 3.05) is 6.54 Å². The highest BCUT2D eigenvalue weighted by molar-refractivity contribution is 6.31. The Balaban J connectivity index is 1.66. The van der Waals surface area contributed by atoms with Crippen LogP contribution in [-0.2, 0) is 16.0 Å². The summed E-state index contributed by atoms with van der Waals surface area (Å²) in [6, 6.07) is 5.50. The minimum atomic E-state index is -0.808. The molecule has 2 aromatic rings. The van der Waals surface area contributed by atoms with Gasteiger partial charge in [-0.25, -0.2) is 0 Å². The van der Waals surface area contributed by atoms with Gasteiger partial charge in [0.25, 0.3) is 0 Å². The molecule has 1 aliphatic rings. The van der Waals surface area contributed by atoms with Crippen LogP contribution in [0.25, 0.3) is 10.9 Å². The van der Waals surface area contributed by atoms with E-state index in [1.54, 1.807) is 12.3 Å². The maximum absolute atomic E-state index is 12.3. The maximum Gasteiger partial charge on any atom is 0.311 e. The summed E-state index contributed by atoms with van der Waals surface area (Å²) >= 11 is 6.02. The predicted molar refractivity (Wildman–Crippen MR) is 93.2 cm³/mol. The van der Waals surface area contributed by atoms with Crippen molar-refractivity contribution in [1.29, 1.82) is 0 Å². The third-order valence-corrected chi connectivity index (χ3v) is 5.20. The molecule has 0 aliphatic heterocycles. The van der Waals surface area contributed by atoms with Gasteiger partial charge in [-0.05, 0) is 36.6 Å². The topological polar surface area (TPSA) is 82.2 Å². The second-order valence-corrected chi connectivity index (χ2v) is 7.04. The van der Waals surface area contributed by atoms with Crippen molar-refractivity contribution < 1.29 is 14.7 Å². The number of hydrogen-bond donors (Lipinski definition) is 3. The van der Waals surface area contributed by atoms with Crippen LogP contribution in [0, 0.1) is 5.41 Å². The number of amides is 1. The first kappa shape index (κ1) is 16.8. The van der Waals surface area contributed by atoms with Crippen LogP contribution in [0.5, 0.6) is 0 Å². The van der Waals surface area contributed by atoms with Gasteiger partial charge in [0, 0.05) is 28.7 Å². The Morgan fingerprint density at radius 3 is 2.71 bits per heavy atom. The fraction of sp³-hybridized carbons (Fsp3) is 0.444. The van der Waals surface area contributed by atoms with Crippen LogP contribution in [0.4, 0.5) is 0 Å². The highest BCUT2D eigenvalue weighted by Gasteiger charge is 2.39. The van der Waals surface area contributed by atoms with Crippen molar-refractivity contribution in [3.8, 4) is 0 Å². The van der Waals surface area contributed by atoms with Gasteiger partial charge in [-0.1, -0.05) is 30.9 Å².